The van der Waals surface area contributed by atoms with Crippen LogP contribution in [-0.4, -0.2) is 28.2 Å². The molecule has 0 radical (unpaired) electrons. The van der Waals surface area contributed by atoms with Crippen LogP contribution < -0.4 is 0 Å². The van der Waals surface area contributed by atoms with Crippen molar-refractivity contribution < 1.29 is 0 Å². The van der Waals surface area contributed by atoms with Gasteiger partial charge in [-0.15, -0.1) is 0 Å². The fraction of sp³-hybridized carbons (Fsp3) is 0. The summed E-state index contributed by atoms with van der Waals surface area (Å²) >= 11 is 0. The molecular formula is C92H56N6. The molecule has 0 atom stereocenters. The highest BCUT2D eigenvalue weighted by Crippen LogP contribution is 2.53. The fourth-order valence-corrected chi connectivity index (χ4v) is 16.4. The molecule has 1 aliphatic rings. The lowest BCUT2D eigenvalue weighted by Crippen LogP contribution is -2.00. The van der Waals surface area contributed by atoms with Crippen LogP contribution in [0.3, 0.4) is 0 Å². The maximum Gasteiger partial charge on any atom is 0.160 e. The molecule has 0 spiro atoms. The molecule has 6 heteroatoms. The molecule has 0 saturated carbocycles. The Balaban J connectivity index is 0.730. The van der Waals surface area contributed by atoms with Crippen molar-refractivity contribution in [3.8, 4) is 101 Å². The standard InChI is InChI=1S/C92H56N6/c1-4-21-57(22-5-1)68-47-48-76-88-75(68)35-20-36-77(88)91-89(76)90(62-23-18-29-66(51-62)97-80-37-14-10-31-69(80)73-45-41-60(55-86(73)97)58-43-49-84-78(53-58)71-33-12-16-39-82(71)95(84)64-25-6-2-7-26-64)93-92(94-91)63-24-19-30-67(52-63)98-81-38-15-11-32-70(81)74-46-42-61(56-87(74)98)59-44-50-85-79(54-59)72-34-13-17-40-83(72)96(85)65-27-8-3-9-28-65/h1-56H. The first-order valence-electron chi connectivity index (χ1n) is 33.6. The van der Waals surface area contributed by atoms with Crippen LogP contribution in [0.5, 0.6) is 0 Å². The first kappa shape index (κ1) is 54.3. The molecule has 0 aliphatic heterocycles. The molecule has 0 N–H and O–H groups in total. The molecule has 15 aromatic carbocycles. The summed E-state index contributed by atoms with van der Waals surface area (Å²) in [4.78, 5) is 11.6. The van der Waals surface area contributed by atoms with Gasteiger partial charge in [-0.3, -0.25) is 0 Å². The first-order valence-corrected chi connectivity index (χ1v) is 33.6. The van der Waals surface area contributed by atoms with Gasteiger partial charge in [0.15, 0.2) is 5.82 Å². The van der Waals surface area contributed by atoms with Crippen LogP contribution in [0, 0.1) is 0 Å². The van der Waals surface area contributed by atoms with Gasteiger partial charge in [0, 0.05) is 88.1 Å². The lowest BCUT2D eigenvalue weighted by Gasteiger charge is -2.15. The predicted molar refractivity (Wildman–Crippen MR) is 409 cm³/mol. The van der Waals surface area contributed by atoms with E-state index < -0.39 is 0 Å². The van der Waals surface area contributed by atoms with Crippen molar-refractivity contribution in [1.82, 2.24) is 28.2 Å². The Morgan fingerprint density at radius 1 is 0.184 bits per heavy atom. The average molecular weight is 1250 g/mol. The zero-order valence-electron chi connectivity index (χ0n) is 53.0. The van der Waals surface area contributed by atoms with Crippen molar-refractivity contribution >= 4 is 98.0 Å². The van der Waals surface area contributed by atoms with Crippen LogP contribution in [0.4, 0.5) is 0 Å². The monoisotopic (exact) mass is 1240 g/mol. The summed E-state index contributed by atoms with van der Waals surface area (Å²) in [6, 6.07) is 124. The van der Waals surface area contributed by atoms with Gasteiger partial charge in [0.25, 0.3) is 0 Å². The van der Waals surface area contributed by atoms with Gasteiger partial charge in [0.2, 0.25) is 0 Å². The van der Waals surface area contributed by atoms with E-state index in [1.807, 2.05) is 0 Å². The van der Waals surface area contributed by atoms with Crippen LogP contribution in [0.25, 0.3) is 199 Å². The van der Waals surface area contributed by atoms with E-state index in [0.29, 0.717) is 5.82 Å². The van der Waals surface area contributed by atoms with Gasteiger partial charge in [-0.1, -0.05) is 231 Å². The summed E-state index contributed by atoms with van der Waals surface area (Å²) in [5.41, 5.74) is 27.7. The highest BCUT2D eigenvalue weighted by atomic mass is 15.0. The van der Waals surface area contributed by atoms with Crippen molar-refractivity contribution in [1.29, 1.82) is 0 Å². The molecule has 1 aliphatic carbocycles. The summed E-state index contributed by atoms with van der Waals surface area (Å²) in [5, 5.41) is 12.1. The van der Waals surface area contributed by atoms with E-state index in [0.717, 1.165) is 101 Å². The molecule has 0 amide bonds. The summed E-state index contributed by atoms with van der Waals surface area (Å²) in [5.74, 6) is 0.661. The molecule has 0 saturated heterocycles. The normalized spacial score (nSPS) is 12.1. The maximum absolute atomic E-state index is 5.84. The predicted octanol–water partition coefficient (Wildman–Crippen LogP) is 24.0. The third kappa shape index (κ3) is 8.09. The maximum atomic E-state index is 5.84. The lowest BCUT2D eigenvalue weighted by atomic mass is 9.93. The first-order chi connectivity index (χ1) is 48.6. The largest absolute Gasteiger partial charge is 0.309 e. The average Bonchev–Trinajstić information content (AvgIpc) is 1.56. The van der Waals surface area contributed by atoms with E-state index in [2.05, 4.69) is 358 Å². The zero-order chi connectivity index (χ0) is 64.1. The van der Waals surface area contributed by atoms with Crippen LogP contribution >= 0.6 is 0 Å². The Bertz CT molecular complexity index is 6720. The molecule has 21 rings (SSSR count). The van der Waals surface area contributed by atoms with Crippen LogP contribution in [0.1, 0.15) is 0 Å². The fourth-order valence-electron chi connectivity index (χ4n) is 16.4. The van der Waals surface area contributed by atoms with Gasteiger partial charge >= 0.3 is 0 Å². The van der Waals surface area contributed by atoms with Gasteiger partial charge in [-0.05, 0) is 159 Å². The Morgan fingerprint density at radius 2 is 0.551 bits per heavy atom. The molecule has 0 unspecified atom stereocenters. The lowest BCUT2D eigenvalue weighted by molar-refractivity contribution is 1.16. The van der Waals surface area contributed by atoms with Crippen molar-refractivity contribution in [2.24, 2.45) is 0 Å². The van der Waals surface area contributed by atoms with Gasteiger partial charge < -0.3 is 18.3 Å². The quantitative estimate of drug-likeness (QED) is 0.145. The minimum atomic E-state index is 0.661. The number of para-hydroxylation sites is 6. The summed E-state index contributed by atoms with van der Waals surface area (Å²) in [7, 11) is 0. The van der Waals surface area contributed by atoms with E-state index in [-0.39, 0.29) is 0 Å². The van der Waals surface area contributed by atoms with Crippen molar-refractivity contribution in [2.75, 3.05) is 0 Å². The summed E-state index contributed by atoms with van der Waals surface area (Å²) < 4.78 is 9.64. The second kappa shape index (κ2) is 21.2. The Labute approximate surface area is 563 Å². The number of hydrogen-bond donors (Lipinski definition) is 0. The second-order valence-corrected chi connectivity index (χ2v) is 26.0. The van der Waals surface area contributed by atoms with Gasteiger partial charge in [-0.2, -0.15) is 0 Å². The van der Waals surface area contributed by atoms with Gasteiger partial charge in [0.05, 0.1) is 55.5 Å². The smallest absolute Gasteiger partial charge is 0.160 e. The summed E-state index contributed by atoms with van der Waals surface area (Å²) in [6.45, 7) is 0. The van der Waals surface area contributed by atoms with Crippen LogP contribution in [-0.2, 0) is 0 Å². The van der Waals surface area contributed by atoms with Gasteiger partial charge in [-0.25, -0.2) is 9.97 Å². The Morgan fingerprint density at radius 3 is 1.09 bits per heavy atom. The SMILES string of the molecule is c1ccc(-c2ccc3c4c(cccc24)-c2nc(-c4cccc(-n5c6ccccc6c6ccc(-c7ccc8c(c7)c7ccccc7n8-c7ccccc7)cc65)c4)nc(-c4cccc(-n5c6ccccc6c6ccc(-c7ccc8c(c7)c7ccccc7n8-c7ccccc7)cc65)c4)c2-3)cc1. The topological polar surface area (TPSA) is 45.5 Å². The summed E-state index contributed by atoms with van der Waals surface area (Å²) in [6.07, 6.45) is 0. The number of aromatic nitrogens is 6. The third-order valence-electron chi connectivity index (χ3n) is 20.7. The molecule has 5 aromatic heterocycles. The van der Waals surface area contributed by atoms with E-state index in [9.17, 15) is 0 Å². The number of rotatable bonds is 9. The molecule has 0 bridgehead atoms. The number of benzene rings is 15. The van der Waals surface area contributed by atoms with Gasteiger partial charge in [0.1, 0.15) is 0 Å². The Kier molecular flexibility index (Phi) is 11.7. The van der Waals surface area contributed by atoms with E-state index in [1.54, 1.807) is 0 Å². The highest BCUT2D eigenvalue weighted by Gasteiger charge is 2.30. The molecule has 454 valence electrons. The van der Waals surface area contributed by atoms with Crippen molar-refractivity contribution in [2.45, 2.75) is 0 Å². The molecule has 98 heavy (non-hydrogen) atoms. The van der Waals surface area contributed by atoms with E-state index in [4.69, 9.17) is 9.97 Å². The molecule has 6 nitrogen and oxygen atoms in total. The van der Waals surface area contributed by atoms with Crippen LogP contribution in [0.2, 0.25) is 0 Å². The second-order valence-electron chi connectivity index (χ2n) is 26.0. The molecule has 5 heterocycles. The minimum Gasteiger partial charge on any atom is -0.309 e. The molecular weight excluding hydrogens is 1190 g/mol. The minimum absolute atomic E-state index is 0.661. The van der Waals surface area contributed by atoms with Crippen LogP contribution in [0.15, 0.2) is 340 Å². The number of fused-ring (bicyclic) bond motifs is 15. The molecule has 20 aromatic rings. The van der Waals surface area contributed by atoms with Crippen molar-refractivity contribution in [3.05, 3.63) is 340 Å². The zero-order valence-corrected chi connectivity index (χ0v) is 53.0. The van der Waals surface area contributed by atoms with Crippen molar-refractivity contribution in [3.63, 3.8) is 0 Å². The Hall–Kier alpha value is -13.2. The van der Waals surface area contributed by atoms with E-state index >= 15 is 0 Å². The van der Waals surface area contributed by atoms with E-state index in [1.165, 1.54) is 92.6 Å². The number of hydrogen-bond acceptors (Lipinski definition) is 2. The third-order valence-corrected chi connectivity index (χ3v) is 20.7. The molecule has 0 fully saturated rings. The number of nitrogens with zero attached hydrogens (tertiary/aromatic N) is 6. The highest BCUT2D eigenvalue weighted by molar-refractivity contribution is 6.21.